The number of benzene rings is 2. The van der Waals surface area contributed by atoms with E-state index in [0.717, 1.165) is 0 Å². The minimum atomic E-state index is -0.336. The summed E-state index contributed by atoms with van der Waals surface area (Å²) in [6.07, 6.45) is 0. The van der Waals surface area contributed by atoms with Gasteiger partial charge in [0.1, 0.15) is 11.5 Å². The number of amides is 1. The highest BCUT2D eigenvalue weighted by molar-refractivity contribution is 6.42. The maximum absolute atomic E-state index is 13.2. The van der Waals surface area contributed by atoms with Gasteiger partial charge >= 0.3 is 0 Å². The van der Waals surface area contributed by atoms with Crippen molar-refractivity contribution in [2.45, 2.75) is 13.8 Å². The average molecular weight is 406 g/mol. The highest BCUT2D eigenvalue weighted by Gasteiger charge is 2.18. The zero-order valence-corrected chi connectivity index (χ0v) is 16.4. The van der Waals surface area contributed by atoms with Crippen molar-refractivity contribution in [1.29, 1.82) is 0 Å². The quantitative estimate of drug-likeness (QED) is 0.619. The van der Waals surface area contributed by atoms with E-state index in [9.17, 15) is 9.18 Å². The summed E-state index contributed by atoms with van der Waals surface area (Å²) in [5.41, 5.74) is 2.21. The minimum absolute atomic E-state index is 0.254. The van der Waals surface area contributed by atoms with Crippen LogP contribution in [-0.4, -0.2) is 22.2 Å². The summed E-state index contributed by atoms with van der Waals surface area (Å²) in [6.45, 7) is 4.57. The second kappa shape index (κ2) is 8.11. The molecule has 0 bridgehead atoms. The van der Waals surface area contributed by atoms with Gasteiger partial charge in [-0.05, 0) is 54.4 Å². The maximum Gasteiger partial charge on any atom is 0.270 e. The molecule has 0 unspecified atom stereocenters. The van der Waals surface area contributed by atoms with Gasteiger partial charge in [0.25, 0.3) is 5.91 Å². The molecule has 7 heteroatoms. The summed E-state index contributed by atoms with van der Waals surface area (Å²) >= 11 is 12.1. The Morgan fingerprint density at radius 1 is 1.11 bits per heavy atom. The molecular formula is C20H18Cl2FN3O. The van der Waals surface area contributed by atoms with Gasteiger partial charge in [0.05, 0.1) is 21.4 Å². The lowest BCUT2D eigenvalue weighted by Gasteiger charge is -2.10. The van der Waals surface area contributed by atoms with Crippen LogP contribution in [0.4, 0.5) is 4.39 Å². The predicted octanol–water partition coefficient (Wildman–Crippen LogP) is 5.37. The van der Waals surface area contributed by atoms with Crippen molar-refractivity contribution in [1.82, 2.24) is 15.1 Å². The molecule has 27 heavy (non-hydrogen) atoms. The number of aromatic nitrogens is 2. The van der Waals surface area contributed by atoms with E-state index >= 15 is 0 Å². The third kappa shape index (κ3) is 4.49. The Kier molecular flexibility index (Phi) is 5.82. The zero-order valence-electron chi connectivity index (χ0n) is 14.8. The molecule has 0 aliphatic heterocycles. The van der Waals surface area contributed by atoms with Crippen molar-refractivity contribution in [2.24, 2.45) is 5.92 Å². The van der Waals surface area contributed by atoms with E-state index in [1.807, 2.05) is 13.8 Å². The van der Waals surface area contributed by atoms with Crippen molar-refractivity contribution in [3.63, 3.8) is 0 Å². The van der Waals surface area contributed by atoms with Crippen molar-refractivity contribution >= 4 is 29.1 Å². The third-order valence-electron chi connectivity index (χ3n) is 3.90. The van der Waals surface area contributed by atoms with Crippen LogP contribution in [0.5, 0.6) is 0 Å². The van der Waals surface area contributed by atoms with Gasteiger partial charge in [-0.1, -0.05) is 37.0 Å². The van der Waals surface area contributed by atoms with Crippen LogP contribution in [0.25, 0.3) is 16.9 Å². The second-order valence-electron chi connectivity index (χ2n) is 6.54. The van der Waals surface area contributed by atoms with Gasteiger partial charge in [-0.2, -0.15) is 5.10 Å². The SMILES string of the molecule is CC(C)CNC(=O)c1cc(-c2ccc(F)cc2)nn1-c1ccc(Cl)c(Cl)c1. The number of hydrogen-bond donors (Lipinski definition) is 1. The highest BCUT2D eigenvalue weighted by atomic mass is 35.5. The van der Waals surface area contributed by atoms with E-state index < -0.39 is 0 Å². The molecular weight excluding hydrogens is 388 g/mol. The Morgan fingerprint density at radius 3 is 2.44 bits per heavy atom. The number of hydrogen-bond acceptors (Lipinski definition) is 2. The second-order valence-corrected chi connectivity index (χ2v) is 7.35. The van der Waals surface area contributed by atoms with Crippen LogP contribution in [-0.2, 0) is 0 Å². The van der Waals surface area contributed by atoms with E-state index in [-0.39, 0.29) is 11.7 Å². The van der Waals surface area contributed by atoms with Crippen LogP contribution in [0, 0.1) is 11.7 Å². The van der Waals surface area contributed by atoms with Crippen LogP contribution >= 0.6 is 23.2 Å². The molecule has 0 atom stereocenters. The third-order valence-corrected chi connectivity index (χ3v) is 4.64. The molecule has 0 spiro atoms. The lowest BCUT2D eigenvalue weighted by atomic mass is 10.1. The first-order valence-corrected chi connectivity index (χ1v) is 9.20. The maximum atomic E-state index is 13.2. The number of rotatable bonds is 5. The lowest BCUT2D eigenvalue weighted by Crippen LogP contribution is -2.29. The van der Waals surface area contributed by atoms with E-state index in [0.29, 0.717) is 45.1 Å². The van der Waals surface area contributed by atoms with Gasteiger partial charge in [-0.25, -0.2) is 9.07 Å². The topological polar surface area (TPSA) is 46.9 Å². The summed E-state index contributed by atoms with van der Waals surface area (Å²) in [5.74, 6) is -0.278. The summed E-state index contributed by atoms with van der Waals surface area (Å²) in [7, 11) is 0. The molecule has 0 radical (unpaired) electrons. The van der Waals surface area contributed by atoms with Crippen molar-refractivity contribution in [3.8, 4) is 16.9 Å². The summed E-state index contributed by atoms with van der Waals surface area (Å²) in [6, 6.07) is 12.6. The Morgan fingerprint density at radius 2 is 1.81 bits per heavy atom. The molecule has 4 nitrogen and oxygen atoms in total. The molecule has 1 N–H and O–H groups in total. The predicted molar refractivity (Wildman–Crippen MR) is 106 cm³/mol. The molecule has 1 heterocycles. The van der Waals surface area contributed by atoms with E-state index in [1.54, 1.807) is 36.4 Å². The molecule has 1 amide bonds. The Hall–Kier alpha value is -2.37. The molecule has 0 aliphatic carbocycles. The standard InChI is InChI=1S/C20H18Cl2FN3O/c1-12(2)11-24-20(27)19-10-18(13-3-5-14(23)6-4-13)25-26(19)15-7-8-16(21)17(22)9-15/h3-10,12H,11H2,1-2H3,(H,24,27). The van der Waals surface area contributed by atoms with Gasteiger partial charge < -0.3 is 5.32 Å². The Balaban J connectivity index is 2.07. The number of nitrogens with one attached hydrogen (secondary N) is 1. The molecule has 0 saturated heterocycles. The zero-order chi connectivity index (χ0) is 19.6. The Labute approximate surface area is 166 Å². The van der Waals surface area contributed by atoms with Crippen molar-refractivity contribution in [3.05, 3.63) is 70.1 Å². The van der Waals surface area contributed by atoms with Crippen LogP contribution < -0.4 is 5.32 Å². The normalized spacial score (nSPS) is 11.0. The van der Waals surface area contributed by atoms with Crippen LogP contribution in [0.1, 0.15) is 24.3 Å². The smallest absolute Gasteiger partial charge is 0.270 e. The van der Waals surface area contributed by atoms with Crippen molar-refractivity contribution < 1.29 is 9.18 Å². The van der Waals surface area contributed by atoms with Crippen molar-refractivity contribution in [2.75, 3.05) is 6.54 Å². The number of carbonyl (C=O) groups is 1. The first kappa shape index (κ1) is 19.4. The molecule has 0 aliphatic rings. The fourth-order valence-corrected chi connectivity index (χ4v) is 2.80. The van der Waals surface area contributed by atoms with E-state index in [2.05, 4.69) is 10.4 Å². The summed E-state index contributed by atoms with van der Waals surface area (Å²) < 4.78 is 14.7. The molecule has 3 aromatic rings. The molecule has 140 valence electrons. The fraction of sp³-hybridized carbons (Fsp3) is 0.200. The molecule has 2 aromatic carbocycles. The van der Waals surface area contributed by atoms with Crippen LogP contribution in [0.15, 0.2) is 48.5 Å². The number of carbonyl (C=O) groups excluding carboxylic acids is 1. The largest absolute Gasteiger partial charge is 0.350 e. The van der Waals surface area contributed by atoms with Gasteiger partial charge in [0.2, 0.25) is 0 Å². The minimum Gasteiger partial charge on any atom is -0.350 e. The Bertz CT molecular complexity index is 968. The van der Waals surface area contributed by atoms with E-state index in [4.69, 9.17) is 23.2 Å². The molecule has 0 saturated carbocycles. The lowest BCUT2D eigenvalue weighted by molar-refractivity contribution is 0.0941. The molecule has 3 rings (SSSR count). The van der Waals surface area contributed by atoms with Gasteiger partial charge in [0, 0.05) is 12.1 Å². The molecule has 1 aromatic heterocycles. The number of nitrogens with zero attached hydrogens (tertiary/aromatic N) is 2. The fourth-order valence-electron chi connectivity index (χ4n) is 2.51. The van der Waals surface area contributed by atoms with Gasteiger partial charge in [-0.3, -0.25) is 4.79 Å². The van der Waals surface area contributed by atoms with Gasteiger partial charge in [0.15, 0.2) is 0 Å². The van der Waals surface area contributed by atoms with Crippen LogP contribution in [0.3, 0.4) is 0 Å². The first-order valence-electron chi connectivity index (χ1n) is 8.45. The summed E-state index contributed by atoms with van der Waals surface area (Å²) in [4.78, 5) is 12.7. The average Bonchev–Trinajstić information content (AvgIpc) is 3.08. The molecule has 0 fully saturated rings. The van der Waals surface area contributed by atoms with Gasteiger partial charge in [-0.15, -0.1) is 0 Å². The highest BCUT2D eigenvalue weighted by Crippen LogP contribution is 2.27. The number of halogens is 3. The van der Waals surface area contributed by atoms with E-state index in [1.165, 1.54) is 16.8 Å². The first-order chi connectivity index (χ1) is 12.8. The summed E-state index contributed by atoms with van der Waals surface area (Å²) in [5, 5.41) is 8.20. The monoisotopic (exact) mass is 405 g/mol. The van der Waals surface area contributed by atoms with Crippen LogP contribution in [0.2, 0.25) is 10.0 Å².